The number of nitrogens with zero attached hydrogens (tertiary/aromatic N) is 1. The van der Waals surface area contributed by atoms with Gasteiger partial charge in [-0.1, -0.05) is 12.1 Å². The molecular weight excluding hydrogens is 407 g/mol. The van der Waals surface area contributed by atoms with Gasteiger partial charge in [-0.3, -0.25) is 14.6 Å². The number of rotatable bonds is 3. The van der Waals surface area contributed by atoms with E-state index in [-0.39, 0.29) is 17.0 Å². The number of allylic oxidation sites excluding steroid dienone is 3. The van der Waals surface area contributed by atoms with Gasteiger partial charge in [-0.2, -0.15) is 13.2 Å². The zero-order chi connectivity index (χ0) is 22.2. The maximum Gasteiger partial charge on any atom is 0.418 e. The average molecular weight is 427 g/mol. The van der Waals surface area contributed by atoms with Crippen LogP contribution in [0.25, 0.3) is 0 Å². The third kappa shape index (κ3) is 3.97. The van der Waals surface area contributed by atoms with Crippen LogP contribution < -0.4 is 10.6 Å². The number of nitrogens with one attached hydrogen (secondary N) is 2. The van der Waals surface area contributed by atoms with E-state index in [0.717, 1.165) is 11.8 Å². The molecule has 0 saturated heterocycles. The van der Waals surface area contributed by atoms with Crippen LogP contribution in [0.1, 0.15) is 43.2 Å². The van der Waals surface area contributed by atoms with Crippen LogP contribution in [0.5, 0.6) is 0 Å². The van der Waals surface area contributed by atoms with E-state index >= 15 is 0 Å². The standard InChI is InChI=1S/C23H20F3N3O2/c1-13-19(22(31)29-16-6-3-2-5-15(16)23(24,25)26)20(14-9-11-27-12-10-14)21-17(28-13)7-4-8-18(21)30/h2-3,5-6,9-12,20,28H,4,7-8H2,1H3,(H,29,31). The number of aromatic nitrogens is 1. The van der Waals surface area contributed by atoms with Crippen LogP contribution >= 0.6 is 0 Å². The maximum atomic E-state index is 13.4. The lowest BCUT2D eigenvalue weighted by Gasteiger charge is -2.34. The second kappa shape index (κ2) is 8.02. The number of carbonyl (C=O) groups excluding carboxylic acids is 2. The van der Waals surface area contributed by atoms with Crippen LogP contribution in [0.2, 0.25) is 0 Å². The van der Waals surface area contributed by atoms with Gasteiger partial charge in [0.1, 0.15) is 0 Å². The normalized spacial score (nSPS) is 19.1. The SMILES string of the molecule is CC1=C(C(=O)Nc2ccccc2C(F)(F)F)C(c2ccncc2)C2=C(CCCC2=O)N1. The quantitative estimate of drug-likeness (QED) is 0.745. The molecule has 2 N–H and O–H groups in total. The number of ketones is 1. The van der Waals surface area contributed by atoms with E-state index in [4.69, 9.17) is 0 Å². The molecule has 1 unspecified atom stereocenters. The van der Waals surface area contributed by atoms with E-state index in [1.165, 1.54) is 18.2 Å². The molecule has 0 bridgehead atoms. The van der Waals surface area contributed by atoms with Crippen molar-refractivity contribution in [1.29, 1.82) is 0 Å². The monoisotopic (exact) mass is 427 g/mol. The fourth-order valence-electron chi connectivity index (χ4n) is 4.20. The summed E-state index contributed by atoms with van der Waals surface area (Å²) in [6, 6.07) is 8.26. The van der Waals surface area contributed by atoms with E-state index in [0.29, 0.717) is 36.1 Å². The van der Waals surface area contributed by atoms with E-state index in [2.05, 4.69) is 15.6 Å². The van der Waals surface area contributed by atoms with Gasteiger partial charge in [-0.15, -0.1) is 0 Å². The first-order valence-corrected chi connectivity index (χ1v) is 9.89. The van der Waals surface area contributed by atoms with E-state index in [1.54, 1.807) is 31.5 Å². The van der Waals surface area contributed by atoms with Gasteiger partial charge in [0.05, 0.1) is 11.3 Å². The van der Waals surface area contributed by atoms with Crippen LogP contribution in [-0.4, -0.2) is 16.7 Å². The summed E-state index contributed by atoms with van der Waals surface area (Å²) in [6.07, 6.45) is 0.265. The molecule has 1 amide bonds. The van der Waals surface area contributed by atoms with Gasteiger partial charge >= 0.3 is 6.18 Å². The minimum absolute atomic E-state index is 0.0657. The Morgan fingerprint density at radius 1 is 1.13 bits per heavy atom. The highest BCUT2D eigenvalue weighted by Gasteiger charge is 2.39. The molecule has 1 aliphatic carbocycles. The Bertz CT molecular complexity index is 1100. The highest BCUT2D eigenvalue weighted by Crippen LogP contribution is 2.43. The number of Topliss-reactive ketones (excluding diaryl/α,β-unsaturated/α-hetero) is 1. The molecule has 0 fully saturated rings. The van der Waals surface area contributed by atoms with Crippen LogP contribution in [0, 0.1) is 0 Å². The Balaban J connectivity index is 1.78. The van der Waals surface area contributed by atoms with Crippen molar-refractivity contribution in [3.8, 4) is 0 Å². The Morgan fingerprint density at radius 3 is 2.55 bits per heavy atom. The highest BCUT2D eigenvalue weighted by molar-refractivity contribution is 6.10. The van der Waals surface area contributed by atoms with Crippen molar-refractivity contribution >= 4 is 17.4 Å². The largest absolute Gasteiger partial charge is 0.418 e. The number of anilines is 1. The number of benzene rings is 1. The molecule has 31 heavy (non-hydrogen) atoms. The number of hydrogen-bond donors (Lipinski definition) is 2. The van der Waals surface area contributed by atoms with E-state index < -0.39 is 23.6 Å². The summed E-state index contributed by atoms with van der Waals surface area (Å²) in [5.41, 5.74) is 1.42. The Kier molecular flexibility index (Phi) is 5.39. The van der Waals surface area contributed by atoms with Crippen LogP contribution in [0.4, 0.5) is 18.9 Å². The van der Waals surface area contributed by atoms with Gasteiger partial charge in [0, 0.05) is 47.3 Å². The first kappa shape index (κ1) is 20.8. The zero-order valence-electron chi connectivity index (χ0n) is 16.7. The van der Waals surface area contributed by atoms with Crippen molar-refractivity contribution in [2.24, 2.45) is 0 Å². The number of hydrogen-bond acceptors (Lipinski definition) is 4. The van der Waals surface area contributed by atoms with Gasteiger partial charge in [0.15, 0.2) is 5.78 Å². The smallest absolute Gasteiger partial charge is 0.362 e. The summed E-state index contributed by atoms with van der Waals surface area (Å²) in [5.74, 6) is -1.43. The molecule has 8 heteroatoms. The van der Waals surface area contributed by atoms with Crippen LogP contribution in [0.3, 0.4) is 0 Å². The number of amides is 1. The molecule has 5 nitrogen and oxygen atoms in total. The Hall–Kier alpha value is -3.42. The van der Waals surface area contributed by atoms with E-state index in [1.807, 2.05) is 0 Å². The van der Waals surface area contributed by atoms with Crippen molar-refractivity contribution in [3.63, 3.8) is 0 Å². The summed E-state index contributed by atoms with van der Waals surface area (Å²) in [7, 11) is 0. The van der Waals surface area contributed by atoms with Crippen molar-refractivity contribution in [2.45, 2.75) is 38.3 Å². The Labute approximate surface area is 177 Å². The van der Waals surface area contributed by atoms with Gasteiger partial charge in [-0.05, 0) is 49.6 Å². The molecule has 0 spiro atoms. The summed E-state index contributed by atoms with van der Waals surface area (Å²) < 4.78 is 40.2. The van der Waals surface area contributed by atoms with Gasteiger partial charge in [-0.25, -0.2) is 0 Å². The predicted molar refractivity (Wildman–Crippen MR) is 109 cm³/mol. The third-order valence-corrected chi connectivity index (χ3v) is 5.54. The Morgan fingerprint density at radius 2 is 1.84 bits per heavy atom. The predicted octanol–water partition coefficient (Wildman–Crippen LogP) is 4.71. The number of para-hydroxylation sites is 1. The third-order valence-electron chi connectivity index (χ3n) is 5.54. The van der Waals surface area contributed by atoms with Crippen molar-refractivity contribution in [3.05, 3.63) is 82.5 Å². The molecule has 2 aromatic rings. The van der Waals surface area contributed by atoms with Gasteiger partial charge in [0.2, 0.25) is 0 Å². The number of alkyl halides is 3. The molecule has 1 aromatic carbocycles. The summed E-state index contributed by atoms with van der Waals surface area (Å²) in [6.45, 7) is 1.70. The lowest BCUT2D eigenvalue weighted by molar-refractivity contribution is -0.137. The fraction of sp³-hybridized carbons (Fsp3) is 0.261. The molecule has 1 atom stereocenters. The second-order valence-electron chi connectivity index (χ2n) is 7.54. The summed E-state index contributed by atoms with van der Waals surface area (Å²) in [4.78, 5) is 30.1. The average Bonchev–Trinajstić information content (AvgIpc) is 2.73. The molecule has 0 saturated carbocycles. The van der Waals surface area contributed by atoms with Crippen molar-refractivity contribution in [2.75, 3.05) is 5.32 Å². The summed E-state index contributed by atoms with van der Waals surface area (Å²) >= 11 is 0. The molecule has 160 valence electrons. The van der Waals surface area contributed by atoms with Gasteiger partial charge < -0.3 is 10.6 Å². The molecule has 0 radical (unpaired) electrons. The highest BCUT2D eigenvalue weighted by atomic mass is 19.4. The topological polar surface area (TPSA) is 71.1 Å². The van der Waals surface area contributed by atoms with Gasteiger partial charge in [0.25, 0.3) is 5.91 Å². The molecule has 2 heterocycles. The second-order valence-corrected chi connectivity index (χ2v) is 7.54. The molecular formula is C23H20F3N3O2. The fourth-order valence-corrected chi connectivity index (χ4v) is 4.20. The number of dihydropyridines is 1. The number of halogens is 3. The van der Waals surface area contributed by atoms with Crippen molar-refractivity contribution in [1.82, 2.24) is 10.3 Å². The minimum Gasteiger partial charge on any atom is -0.362 e. The number of carbonyl (C=O) groups is 2. The lowest BCUT2D eigenvalue weighted by atomic mass is 9.75. The first-order valence-electron chi connectivity index (χ1n) is 9.89. The van der Waals surface area contributed by atoms with Crippen LogP contribution in [0.15, 0.2) is 71.3 Å². The molecule has 1 aliphatic heterocycles. The number of pyridine rings is 1. The first-order chi connectivity index (χ1) is 14.8. The van der Waals surface area contributed by atoms with Crippen molar-refractivity contribution < 1.29 is 22.8 Å². The molecule has 1 aromatic heterocycles. The van der Waals surface area contributed by atoms with E-state index in [9.17, 15) is 22.8 Å². The maximum absolute atomic E-state index is 13.4. The summed E-state index contributed by atoms with van der Waals surface area (Å²) in [5, 5.41) is 5.57. The minimum atomic E-state index is -4.61. The molecule has 4 rings (SSSR count). The lowest BCUT2D eigenvalue weighted by Crippen LogP contribution is -2.35. The molecule has 2 aliphatic rings. The zero-order valence-corrected chi connectivity index (χ0v) is 16.7. The van der Waals surface area contributed by atoms with Crippen LogP contribution in [-0.2, 0) is 15.8 Å².